The fourth-order valence-corrected chi connectivity index (χ4v) is 3.39. The van der Waals surface area contributed by atoms with E-state index in [4.69, 9.17) is 4.74 Å². The number of benzene rings is 2. The minimum absolute atomic E-state index is 0.0400. The van der Waals surface area contributed by atoms with E-state index in [0.29, 0.717) is 5.56 Å². The standard InChI is InChI=1S/C21H26N2O3/c1-15(14-24)20-18(6-5-7-19(20)26-2)22-17-10-8-16(9-11-17)21(25)23-12-3-4-13-23/h5-11,15,22,24H,3-4,12-14H2,1-2H3. The van der Waals surface area contributed by atoms with Crippen LogP contribution in [0, 0.1) is 0 Å². The lowest BCUT2D eigenvalue weighted by atomic mass is 9.98. The third-order valence-electron chi connectivity index (χ3n) is 4.86. The van der Waals surface area contributed by atoms with Gasteiger partial charge in [-0.1, -0.05) is 13.0 Å². The maximum absolute atomic E-state index is 12.4. The summed E-state index contributed by atoms with van der Waals surface area (Å²) in [4.78, 5) is 14.4. The minimum atomic E-state index is -0.0512. The molecule has 5 nitrogen and oxygen atoms in total. The molecule has 1 unspecified atom stereocenters. The van der Waals surface area contributed by atoms with Crippen LogP contribution in [0.3, 0.4) is 0 Å². The van der Waals surface area contributed by atoms with Crippen molar-refractivity contribution < 1.29 is 14.6 Å². The topological polar surface area (TPSA) is 61.8 Å². The number of carbonyl (C=O) groups is 1. The Kier molecular flexibility index (Phi) is 5.78. The zero-order chi connectivity index (χ0) is 18.5. The molecule has 0 spiro atoms. The van der Waals surface area contributed by atoms with Crippen molar-refractivity contribution >= 4 is 17.3 Å². The fraction of sp³-hybridized carbons (Fsp3) is 0.381. The quantitative estimate of drug-likeness (QED) is 0.829. The van der Waals surface area contributed by atoms with Crippen LogP contribution in [0.25, 0.3) is 0 Å². The van der Waals surface area contributed by atoms with Crippen LogP contribution in [0.4, 0.5) is 11.4 Å². The number of nitrogens with one attached hydrogen (secondary N) is 1. The monoisotopic (exact) mass is 354 g/mol. The van der Waals surface area contributed by atoms with E-state index in [0.717, 1.165) is 48.6 Å². The van der Waals surface area contributed by atoms with Crippen LogP contribution >= 0.6 is 0 Å². The first kappa shape index (κ1) is 18.3. The summed E-state index contributed by atoms with van der Waals surface area (Å²) in [6.07, 6.45) is 2.18. The van der Waals surface area contributed by atoms with E-state index < -0.39 is 0 Å². The Hall–Kier alpha value is -2.53. The summed E-state index contributed by atoms with van der Waals surface area (Å²) in [5.74, 6) is 0.798. The summed E-state index contributed by atoms with van der Waals surface area (Å²) >= 11 is 0. The van der Waals surface area contributed by atoms with Gasteiger partial charge in [-0.05, 0) is 49.2 Å². The van der Waals surface area contributed by atoms with Gasteiger partial charge in [0, 0.05) is 48.1 Å². The highest BCUT2D eigenvalue weighted by Gasteiger charge is 2.19. The molecule has 3 rings (SSSR count). The molecule has 1 amide bonds. The second kappa shape index (κ2) is 8.23. The average molecular weight is 354 g/mol. The van der Waals surface area contributed by atoms with Gasteiger partial charge in [-0.25, -0.2) is 0 Å². The van der Waals surface area contributed by atoms with E-state index in [2.05, 4.69) is 5.32 Å². The summed E-state index contributed by atoms with van der Waals surface area (Å²) in [5.41, 5.74) is 3.44. The molecule has 0 aromatic heterocycles. The van der Waals surface area contributed by atoms with Crippen molar-refractivity contribution in [3.63, 3.8) is 0 Å². The van der Waals surface area contributed by atoms with Crippen LogP contribution in [0.5, 0.6) is 5.75 Å². The molecule has 26 heavy (non-hydrogen) atoms. The molecule has 0 aliphatic carbocycles. The Morgan fingerprint density at radius 3 is 2.50 bits per heavy atom. The molecule has 2 aromatic carbocycles. The summed E-state index contributed by atoms with van der Waals surface area (Å²) in [6, 6.07) is 13.3. The van der Waals surface area contributed by atoms with E-state index in [9.17, 15) is 9.90 Å². The second-order valence-corrected chi connectivity index (χ2v) is 6.71. The van der Waals surface area contributed by atoms with Gasteiger partial charge in [-0.2, -0.15) is 0 Å². The van der Waals surface area contributed by atoms with E-state index in [1.807, 2.05) is 54.3 Å². The molecular formula is C21H26N2O3. The number of hydrogen-bond donors (Lipinski definition) is 2. The molecule has 1 aliphatic heterocycles. The maximum atomic E-state index is 12.4. The zero-order valence-electron chi connectivity index (χ0n) is 15.4. The molecule has 1 atom stereocenters. The summed E-state index contributed by atoms with van der Waals surface area (Å²) in [5, 5.41) is 13.0. The van der Waals surface area contributed by atoms with Gasteiger partial charge >= 0.3 is 0 Å². The molecule has 2 aromatic rings. The molecule has 0 saturated carbocycles. The van der Waals surface area contributed by atoms with E-state index in [-0.39, 0.29) is 18.4 Å². The average Bonchev–Trinajstić information content (AvgIpc) is 3.22. The number of anilines is 2. The largest absolute Gasteiger partial charge is 0.496 e. The van der Waals surface area contributed by atoms with Crippen molar-refractivity contribution in [1.29, 1.82) is 0 Å². The number of nitrogens with zero attached hydrogens (tertiary/aromatic N) is 1. The number of hydrogen-bond acceptors (Lipinski definition) is 4. The number of carbonyl (C=O) groups excluding carboxylic acids is 1. The lowest BCUT2D eigenvalue weighted by Gasteiger charge is -2.19. The molecule has 5 heteroatoms. The molecule has 1 aliphatic rings. The zero-order valence-corrected chi connectivity index (χ0v) is 15.4. The number of rotatable bonds is 6. The minimum Gasteiger partial charge on any atom is -0.496 e. The number of ether oxygens (including phenoxy) is 1. The third kappa shape index (κ3) is 3.83. The summed E-state index contributed by atoms with van der Waals surface area (Å²) in [7, 11) is 1.63. The SMILES string of the molecule is COc1cccc(Nc2ccc(C(=O)N3CCCC3)cc2)c1C(C)CO. The number of aliphatic hydroxyl groups excluding tert-OH is 1. The van der Waals surface area contributed by atoms with Gasteiger partial charge in [0.05, 0.1) is 7.11 Å². The third-order valence-corrected chi connectivity index (χ3v) is 4.86. The van der Waals surface area contributed by atoms with Gasteiger partial charge in [0.1, 0.15) is 5.75 Å². The number of aliphatic hydroxyl groups is 1. The smallest absolute Gasteiger partial charge is 0.253 e. The first-order valence-corrected chi connectivity index (χ1v) is 9.08. The van der Waals surface area contributed by atoms with Crippen molar-refractivity contribution in [3.8, 4) is 5.75 Å². The molecule has 1 saturated heterocycles. The van der Waals surface area contributed by atoms with Crippen molar-refractivity contribution in [2.45, 2.75) is 25.7 Å². The molecule has 0 bridgehead atoms. The van der Waals surface area contributed by atoms with Crippen molar-refractivity contribution in [3.05, 3.63) is 53.6 Å². The number of amides is 1. The molecule has 1 fully saturated rings. The Morgan fingerprint density at radius 1 is 1.19 bits per heavy atom. The van der Waals surface area contributed by atoms with Crippen LogP contribution in [0.1, 0.15) is 41.6 Å². The molecule has 2 N–H and O–H groups in total. The predicted octanol–water partition coefficient (Wildman–Crippen LogP) is 3.77. The predicted molar refractivity (Wildman–Crippen MR) is 103 cm³/mol. The normalized spacial score (nSPS) is 15.0. The lowest BCUT2D eigenvalue weighted by Crippen LogP contribution is -2.27. The highest BCUT2D eigenvalue weighted by atomic mass is 16.5. The van der Waals surface area contributed by atoms with Crippen LogP contribution in [0.15, 0.2) is 42.5 Å². The number of likely N-dealkylation sites (tertiary alicyclic amines) is 1. The van der Waals surface area contributed by atoms with E-state index >= 15 is 0 Å². The lowest BCUT2D eigenvalue weighted by molar-refractivity contribution is 0.0793. The highest BCUT2D eigenvalue weighted by Crippen LogP contribution is 2.35. The summed E-state index contributed by atoms with van der Waals surface area (Å²) in [6.45, 7) is 3.70. The van der Waals surface area contributed by atoms with Crippen molar-refractivity contribution in [2.24, 2.45) is 0 Å². The van der Waals surface area contributed by atoms with Gasteiger partial charge in [-0.15, -0.1) is 0 Å². The Balaban J connectivity index is 1.80. The maximum Gasteiger partial charge on any atom is 0.253 e. The summed E-state index contributed by atoms with van der Waals surface area (Å²) < 4.78 is 5.45. The molecule has 1 heterocycles. The Morgan fingerprint density at radius 2 is 1.88 bits per heavy atom. The first-order chi connectivity index (χ1) is 12.6. The Bertz CT molecular complexity index is 752. The molecular weight excluding hydrogens is 328 g/mol. The molecule has 138 valence electrons. The van der Waals surface area contributed by atoms with Gasteiger partial charge in [0.25, 0.3) is 5.91 Å². The van der Waals surface area contributed by atoms with Crippen LogP contribution < -0.4 is 10.1 Å². The van der Waals surface area contributed by atoms with Gasteiger partial charge in [-0.3, -0.25) is 4.79 Å². The molecule has 0 radical (unpaired) electrons. The van der Waals surface area contributed by atoms with Crippen LogP contribution in [-0.4, -0.2) is 42.7 Å². The van der Waals surface area contributed by atoms with Gasteiger partial charge in [0.15, 0.2) is 0 Å². The fourth-order valence-electron chi connectivity index (χ4n) is 3.39. The van der Waals surface area contributed by atoms with Crippen molar-refractivity contribution in [2.75, 3.05) is 32.1 Å². The van der Waals surface area contributed by atoms with Crippen molar-refractivity contribution in [1.82, 2.24) is 4.90 Å². The first-order valence-electron chi connectivity index (χ1n) is 9.08. The van der Waals surface area contributed by atoms with Gasteiger partial charge in [0.2, 0.25) is 0 Å². The Labute approximate surface area is 154 Å². The van der Waals surface area contributed by atoms with E-state index in [1.54, 1.807) is 7.11 Å². The van der Waals surface area contributed by atoms with Crippen LogP contribution in [0.2, 0.25) is 0 Å². The van der Waals surface area contributed by atoms with Crippen LogP contribution in [-0.2, 0) is 0 Å². The van der Waals surface area contributed by atoms with E-state index in [1.165, 1.54) is 0 Å². The highest BCUT2D eigenvalue weighted by molar-refractivity contribution is 5.94. The van der Waals surface area contributed by atoms with Gasteiger partial charge < -0.3 is 20.1 Å². The second-order valence-electron chi connectivity index (χ2n) is 6.71. The number of methoxy groups -OCH3 is 1.